The first-order valence-corrected chi connectivity index (χ1v) is 8.86. The number of thiophene rings is 1. The van der Waals surface area contributed by atoms with Crippen LogP contribution in [0, 0.1) is 0 Å². The fraction of sp³-hybridized carbons (Fsp3) is 0.250. The number of thioether (sulfide) groups is 1. The van der Waals surface area contributed by atoms with Crippen molar-refractivity contribution in [2.24, 2.45) is 0 Å². The average Bonchev–Trinajstić information content (AvgIpc) is 2.91. The Labute approximate surface area is 131 Å². The number of fused-ring (bicyclic) bond motifs is 1. The second kappa shape index (κ2) is 5.66. The van der Waals surface area contributed by atoms with Crippen molar-refractivity contribution in [1.29, 1.82) is 0 Å². The molecule has 0 aliphatic carbocycles. The number of hydrogen-bond acceptors (Lipinski definition) is 4. The summed E-state index contributed by atoms with van der Waals surface area (Å²) in [6, 6.07) is 8.42. The third-order valence-electron chi connectivity index (χ3n) is 3.50. The van der Waals surface area contributed by atoms with Gasteiger partial charge in [-0.25, -0.2) is 4.98 Å². The lowest BCUT2D eigenvalue weighted by atomic mass is 9.99. The van der Waals surface area contributed by atoms with Crippen molar-refractivity contribution < 1.29 is 0 Å². The van der Waals surface area contributed by atoms with Gasteiger partial charge in [-0.05, 0) is 23.3 Å². The van der Waals surface area contributed by atoms with Crippen molar-refractivity contribution in [2.75, 3.05) is 6.26 Å². The van der Waals surface area contributed by atoms with Gasteiger partial charge in [0, 0.05) is 10.9 Å². The van der Waals surface area contributed by atoms with E-state index in [1.54, 1.807) is 0 Å². The molecule has 5 heteroatoms. The number of aromatic amines is 1. The SMILES string of the molecule is CSc1nc2scc(-c3ccc(C(C)C)cc3)c2c(=O)[nH]1. The first-order chi connectivity index (χ1) is 10.1. The summed E-state index contributed by atoms with van der Waals surface area (Å²) in [5, 5.41) is 3.37. The van der Waals surface area contributed by atoms with E-state index in [9.17, 15) is 4.79 Å². The minimum Gasteiger partial charge on any atom is -0.301 e. The number of benzene rings is 1. The van der Waals surface area contributed by atoms with Crippen LogP contribution >= 0.6 is 23.1 Å². The predicted molar refractivity (Wildman–Crippen MR) is 91.5 cm³/mol. The Bertz CT molecular complexity index is 832. The standard InChI is InChI=1S/C16H16N2OS2/c1-9(2)10-4-6-11(7-5-10)12-8-21-15-13(12)14(19)17-16(18-15)20-3/h4-9H,1-3H3,(H,17,18,19). The van der Waals surface area contributed by atoms with E-state index in [4.69, 9.17) is 0 Å². The van der Waals surface area contributed by atoms with Crippen molar-refractivity contribution in [3.05, 3.63) is 45.6 Å². The molecule has 0 atom stereocenters. The van der Waals surface area contributed by atoms with Crippen LogP contribution in [0.15, 0.2) is 39.6 Å². The van der Waals surface area contributed by atoms with E-state index in [1.807, 2.05) is 11.6 Å². The maximum absolute atomic E-state index is 12.3. The molecule has 3 rings (SSSR count). The summed E-state index contributed by atoms with van der Waals surface area (Å²) in [6.45, 7) is 4.35. The molecular weight excluding hydrogens is 300 g/mol. The number of nitrogens with one attached hydrogen (secondary N) is 1. The molecule has 0 amide bonds. The molecule has 0 saturated heterocycles. The number of aromatic nitrogens is 2. The number of H-pyrrole nitrogens is 1. The van der Waals surface area contributed by atoms with Gasteiger partial charge in [-0.1, -0.05) is 49.9 Å². The summed E-state index contributed by atoms with van der Waals surface area (Å²) in [5.74, 6) is 0.507. The normalized spacial score (nSPS) is 11.4. The number of hydrogen-bond donors (Lipinski definition) is 1. The number of rotatable bonds is 3. The van der Waals surface area contributed by atoms with Gasteiger partial charge in [-0.15, -0.1) is 11.3 Å². The summed E-state index contributed by atoms with van der Waals surface area (Å²) in [6.07, 6.45) is 1.91. The van der Waals surface area contributed by atoms with Crippen LogP contribution in [0.25, 0.3) is 21.3 Å². The van der Waals surface area contributed by atoms with E-state index in [0.29, 0.717) is 16.5 Å². The first-order valence-electron chi connectivity index (χ1n) is 6.76. The molecule has 0 bridgehead atoms. The van der Waals surface area contributed by atoms with Crippen molar-refractivity contribution in [1.82, 2.24) is 9.97 Å². The van der Waals surface area contributed by atoms with Crippen LogP contribution in [-0.4, -0.2) is 16.2 Å². The third-order valence-corrected chi connectivity index (χ3v) is 4.96. The molecule has 0 radical (unpaired) electrons. The van der Waals surface area contributed by atoms with Crippen molar-refractivity contribution in [3.8, 4) is 11.1 Å². The van der Waals surface area contributed by atoms with Crippen LogP contribution in [0.5, 0.6) is 0 Å². The van der Waals surface area contributed by atoms with E-state index < -0.39 is 0 Å². The Morgan fingerprint density at radius 1 is 1.24 bits per heavy atom. The fourth-order valence-corrected chi connectivity index (χ4v) is 3.67. The summed E-state index contributed by atoms with van der Waals surface area (Å²) >= 11 is 2.97. The average molecular weight is 316 g/mol. The zero-order valence-corrected chi connectivity index (χ0v) is 13.8. The lowest BCUT2D eigenvalue weighted by Crippen LogP contribution is -2.08. The van der Waals surface area contributed by atoms with E-state index in [2.05, 4.69) is 48.1 Å². The zero-order valence-electron chi connectivity index (χ0n) is 12.1. The molecule has 0 aliphatic rings. The maximum atomic E-state index is 12.3. The third kappa shape index (κ3) is 2.63. The monoisotopic (exact) mass is 316 g/mol. The highest BCUT2D eigenvalue weighted by atomic mass is 32.2. The molecule has 2 heterocycles. The van der Waals surface area contributed by atoms with Gasteiger partial charge in [-0.2, -0.15) is 0 Å². The molecular formula is C16H16N2OS2. The summed E-state index contributed by atoms with van der Waals surface area (Å²) in [7, 11) is 0. The lowest BCUT2D eigenvalue weighted by Gasteiger charge is -2.06. The maximum Gasteiger partial charge on any atom is 0.260 e. The quantitative estimate of drug-likeness (QED) is 0.572. The van der Waals surface area contributed by atoms with E-state index in [1.165, 1.54) is 28.7 Å². The van der Waals surface area contributed by atoms with Gasteiger partial charge in [0.05, 0.1) is 5.39 Å². The summed E-state index contributed by atoms with van der Waals surface area (Å²) < 4.78 is 0. The molecule has 0 unspecified atom stereocenters. The van der Waals surface area contributed by atoms with E-state index in [-0.39, 0.29) is 5.56 Å². The van der Waals surface area contributed by atoms with Crippen LogP contribution in [0.2, 0.25) is 0 Å². The molecule has 0 aliphatic heterocycles. The van der Waals surface area contributed by atoms with E-state index in [0.717, 1.165) is 16.0 Å². The van der Waals surface area contributed by atoms with Crippen molar-refractivity contribution >= 4 is 33.3 Å². The van der Waals surface area contributed by atoms with Crippen LogP contribution in [-0.2, 0) is 0 Å². The van der Waals surface area contributed by atoms with Crippen LogP contribution in [0.3, 0.4) is 0 Å². The Balaban J connectivity index is 2.15. The molecule has 3 nitrogen and oxygen atoms in total. The van der Waals surface area contributed by atoms with Gasteiger partial charge >= 0.3 is 0 Å². The largest absolute Gasteiger partial charge is 0.301 e. The lowest BCUT2D eigenvalue weighted by molar-refractivity contribution is 0.867. The second-order valence-electron chi connectivity index (χ2n) is 5.18. The zero-order chi connectivity index (χ0) is 15.0. The number of nitrogens with zero attached hydrogens (tertiary/aromatic N) is 1. The van der Waals surface area contributed by atoms with Crippen LogP contribution < -0.4 is 5.56 Å². The highest BCUT2D eigenvalue weighted by Crippen LogP contribution is 2.32. The second-order valence-corrected chi connectivity index (χ2v) is 6.83. The Hall–Kier alpha value is -1.59. The minimum atomic E-state index is -0.0615. The van der Waals surface area contributed by atoms with Crippen molar-refractivity contribution in [3.63, 3.8) is 0 Å². The highest BCUT2D eigenvalue weighted by molar-refractivity contribution is 7.98. The topological polar surface area (TPSA) is 45.8 Å². The van der Waals surface area contributed by atoms with Crippen molar-refractivity contribution in [2.45, 2.75) is 24.9 Å². The molecule has 21 heavy (non-hydrogen) atoms. The molecule has 0 saturated carbocycles. The molecule has 0 spiro atoms. The summed E-state index contributed by atoms with van der Waals surface area (Å²) in [4.78, 5) is 20.4. The smallest absolute Gasteiger partial charge is 0.260 e. The molecule has 2 aromatic heterocycles. The van der Waals surface area contributed by atoms with Gasteiger partial charge in [0.1, 0.15) is 4.83 Å². The van der Waals surface area contributed by atoms with E-state index >= 15 is 0 Å². The van der Waals surface area contributed by atoms with Gasteiger partial charge < -0.3 is 4.98 Å². The minimum absolute atomic E-state index is 0.0615. The molecule has 3 aromatic rings. The molecule has 1 aromatic carbocycles. The Morgan fingerprint density at radius 2 is 1.95 bits per heavy atom. The van der Waals surface area contributed by atoms with Gasteiger partial charge in [0.25, 0.3) is 5.56 Å². The van der Waals surface area contributed by atoms with Crippen LogP contribution in [0.1, 0.15) is 25.3 Å². The Morgan fingerprint density at radius 3 is 2.57 bits per heavy atom. The molecule has 108 valence electrons. The molecule has 0 fully saturated rings. The van der Waals surface area contributed by atoms with Gasteiger partial charge in [-0.3, -0.25) is 4.79 Å². The van der Waals surface area contributed by atoms with Gasteiger partial charge in [0.2, 0.25) is 0 Å². The van der Waals surface area contributed by atoms with Gasteiger partial charge in [0.15, 0.2) is 5.16 Å². The first kappa shape index (κ1) is 14.4. The summed E-state index contributed by atoms with van der Waals surface area (Å²) in [5.41, 5.74) is 3.27. The highest BCUT2D eigenvalue weighted by Gasteiger charge is 2.12. The molecule has 1 N–H and O–H groups in total. The Kier molecular flexibility index (Phi) is 3.87. The predicted octanol–water partition coefficient (Wildman–Crippen LogP) is 4.50. The fourth-order valence-electron chi connectivity index (χ4n) is 2.29. The van der Waals surface area contributed by atoms with Crippen LogP contribution in [0.4, 0.5) is 0 Å².